The SMILES string of the molecule is NC(=O)O.c1ccc2cc3cc4ccccc4cc3cc2c1. The molecule has 0 fully saturated rings. The average Bonchev–Trinajstić information content (AvgIpc) is 2.50. The molecule has 0 radical (unpaired) electrons. The second-order valence-corrected chi connectivity index (χ2v) is 5.08. The van der Waals surface area contributed by atoms with E-state index >= 15 is 0 Å². The molecule has 3 heteroatoms. The van der Waals surface area contributed by atoms with Crippen molar-refractivity contribution < 1.29 is 9.90 Å². The summed E-state index contributed by atoms with van der Waals surface area (Å²) in [5, 5.41) is 15.0. The molecule has 0 aliphatic carbocycles. The number of carbonyl (C=O) groups is 1. The Bertz CT molecular complexity index is 828. The summed E-state index contributed by atoms with van der Waals surface area (Å²) in [5.41, 5.74) is 4.03. The molecule has 1 amide bonds. The van der Waals surface area contributed by atoms with Gasteiger partial charge in [0.15, 0.2) is 0 Å². The third-order valence-corrected chi connectivity index (χ3v) is 3.57. The first-order valence-corrected chi connectivity index (χ1v) is 6.93. The Morgan fingerprint density at radius 3 is 1.09 bits per heavy atom. The molecule has 3 N–H and O–H groups in total. The van der Waals surface area contributed by atoms with Gasteiger partial charge in [0.25, 0.3) is 0 Å². The molecule has 0 atom stereocenters. The summed E-state index contributed by atoms with van der Waals surface area (Å²) in [6.07, 6.45) is -1.33. The molecule has 4 rings (SSSR count). The van der Waals surface area contributed by atoms with E-state index in [1.54, 1.807) is 0 Å². The number of benzene rings is 4. The van der Waals surface area contributed by atoms with Crippen LogP contribution in [0.1, 0.15) is 0 Å². The summed E-state index contributed by atoms with van der Waals surface area (Å²) in [6.45, 7) is 0. The number of carboxylic acid groups (broad SMARTS) is 1. The maximum atomic E-state index is 8.78. The molecule has 4 aromatic carbocycles. The van der Waals surface area contributed by atoms with Crippen LogP contribution in [0.4, 0.5) is 4.79 Å². The summed E-state index contributed by atoms with van der Waals surface area (Å²) in [7, 11) is 0. The van der Waals surface area contributed by atoms with Gasteiger partial charge in [0, 0.05) is 0 Å². The van der Waals surface area contributed by atoms with Gasteiger partial charge in [0.05, 0.1) is 0 Å². The van der Waals surface area contributed by atoms with E-state index in [1.807, 2.05) is 0 Å². The van der Waals surface area contributed by atoms with Gasteiger partial charge >= 0.3 is 6.09 Å². The highest BCUT2D eigenvalue weighted by molar-refractivity contribution is 6.04. The molecule has 0 heterocycles. The van der Waals surface area contributed by atoms with Gasteiger partial charge in [-0.05, 0) is 56.6 Å². The van der Waals surface area contributed by atoms with Crippen LogP contribution >= 0.6 is 0 Å². The van der Waals surface area contributed by atoms with Crippen LogP contribution in [-0.4, -0.2) is 11.2 Å². The Morgan fingerprint density at radius 2 is 0.864 bits per heavy atom. The zero-order chi connectivity index (χ0) is 15.5. The zero-order valence-electron chi connectivity index (χ0n) is 11.9. The van der Waals surface area contributed by atoms with Gasteiger partial charge in [-0.2, -0.15) is 0 Å². The van der Waals surface area contributed by atoms with Crippen molar-refractivity contribution in [3.05, 3.63) is 72.8 Å². The Morgan fingerprint density at radius 1 is 0.636 bits per heavy atom. The van der Waals surface area contributed by atoms with Crippen molar-refractivity contribution in [1.82, 2.24) is 0 Å². The first-order chi connectivity index (χ1) is 10.6. The molecule has 108 valence electrons. The molecule has 0 aliphatic heterocycles. The third-order valence-electron chi connectivity index (χ3n) is 3.57. The monoisotopic (exact) mass is 289 g/mol. The van der Waals surface area contributed by atoms with Crippen molar-refractivity contribution in [2.24, 2.45) is 5.73 Å². The predicted molar refractivity (Wildman–Crippen MR) is 91.2 cm³/mol. The molecule has 0 aromatic heterocycles. The largest absolute Gasteiger partial charge is 0.465 e. The Hall–Kier alpha value is -3.07. The van der Waals surface area contributed by atoms with Gasteiger partial charge < -0.3 is 10.8 Å². The summed E-state index contributed by atoms with van der Waals surface area (Å²) in [4.78, 5) is 8.78. The Kier molecular flexibility index (Phi) is 3.62. The molecule has 3 nitrogen and oxygen atoms in total. The van der Waals surface area contributed by atoms with Gasteiger partial charge in [0.2, 0.25) is 0 Å². The lowest BCUT2D eigenvalue weighted by atomic mass is 10.00. The van der Waals surface area contributed by atoms with Crippen LogP contribution in [0.2, 0.25) is 0 Å². The van der Waals surface area contributed by atoms with Crippen molar-refractivity contribution >= 4 is 38.4 Å². The van der Waals surface area contributed by atoms with Crippen molar-refractivity contribution in [3.8, 4) is 0 Å². The number of nitrogens with two attached hydrogens (primary N) is 1. The van der Waals surface area contributed by atoms with Crippen molar-refractivity contribution in [2.45, 2.75) is 0 Å². The summed E-state index contributed by atoms with van der Waals surface area (Å²) < 4.78 is 0. The van der Waals surface area contributed by atoms with E-state index in [2.05, 4.69) is 78.5 Å². The van der Waals surface area contributed by atoms with E-state index in [-0.39, 0.29) is 0 Å². The molecule has 0 saturated carbocycles. The van der Waals surface area contributed by atoms with Crippen LogP contribution in [0, 0.1) is 0 Å². The fraction of sp³-hybridized carbons (Fsp3) is 0. The van der Waals surface area contributed by atoms with Crippen molar-refractivity contribution in [2.75, 3.05) is 0 Å². The molecule has 0 aliphatic rings. The van der Waals surface area contributed by atoms with Gasteiger partial charge in [-0.15, -0.1) is 0 Å². The van der Waals surface area contributed by atoms with E-state index < -0.39 is 6.09 Å². The van der Waals surface area contributed by atoms with Gasteiger partial charge in [-0.3, -0.25) is 0 Å². The molecule has 0 bridgehead atoms. The lowest BCUT2D eigenvalue weighted by Gasteiger charge is -2.04. The fourth-order valence-electron chi connectivity index (χ4n) is 2.63. The fourth-order valence-corrected chi connectivity index (χ4v) is 2.63. The second-order valence-electron chi connectivity index (χ2n) is 5.08. The minimum Gasteiger partial charge on any atom is -0.465 e. The van der Waals surface area contributed by atoms with Crippen molar-refractivity contribution in [1.29, 1.82) is 0 Å². The van der Waals surface area contributed by atoms with Gasteiger partial charge in [-0.1, -0.05) is 48.5 Å². The van der Waals surface area contributed by atoms with E-state index in [1.165, 1.54) is 32.3 Å². The Labute approximate surface area is 127 Å². The smallest absolute Gasteiger partial charge is 0.402 e. The summed E-state index contributed by atoms with van der Waals surface area (Å²) in [6, 6.07) is 26.2. The van der Waals surface area contributed by atoms with E-state index in [9.17, 15) is 0 Å². The number of amides is 1. The maximum absolute atomic E-state index is 8.78. The lowest BCUT2D eigenvalue weighted by molar-refractivity contribution is 0.205. The standard InChI is InChI=1S/C18H12.CH3NO2/c1-2-6-14-10-18-12-16-8-4-3-7-15(16)11-17(18)9-13(14)5-1;2-1(3)4/h1-12H;2H2,(H,3,4). The highest BCUT2D eigenvalue weighted by Gasteiger charge is 2.00. The van der Waals surface area contributed by atoms with Crippen LogP contribution in [-0.2, 0) is 0 Å². The zero-order valence-corrected chi connectivity index (χ0v) is 11.9. The quantitative estimate of drug-likeness (QED) is 0.458. The minimum absolute atomic E-state index is 1.31. The van der Waals surface area contributed by atoms with Crippen LogP contribution in [0.25, 0.3) is 32.3 Å². The minimum atomic E-state index is -1.33. The number of hydrogen-bond donors (Lipinski definition) is 2. The van der Waals surface area contributed by atoms with Gasteiger partial charge in [-0.25, -0.2) is 4.79 Å². The van der Waals surface area contributed by atoms with Crippen LogP contribution in [0.15, 0.2) is 72.8 Å². The number of hydrogen-bond acceptors (Lipinski definition) is 1. The third kappa shape index (κ3) is 2.83. The van der Waals surface area contributed by atoms with Crippen LogP contribution in [0.5, 0.6) is 0 Å². The second kappa shape index (κ2) is 5.74. The molecular formula is C19H15NO2. The van der Waals surface area contributed by atoms with E-state index in [4.69, 9.17) is 9.90 Å². The molecule has 0 unspecified atom stereocenters. The number of fused-ring (bicyclic) bond motifs is 3. The molecule has 0 spiro atoms. The molecule has 4 aromatic rings. The summed E-state index contributed by atoms with van der Waals surface area (Å²) >= 11 is 0. The normalized spacial score (nSPS) is 10.4. The lowest BCUT2D eigenvalue weighted by Crippen LogP contribution is -2.03. The maximum Gasteiger partial charge on any atom is 0.402 e. The molecule has 0 saturated heterocycles. The first-order valence-electron chi connectivity index (χ1n) is 6.93. The highest BCUT2D eigenvalue weighted by atomic mass is 16.4. The van der Waals surface area contributed by atoms with E-state index in [0.717, 1.165) is 0 Å². The predicted octanol–water partition coefficient (Wildman–Crippen LogP) is 4.77. The van der Waals surface area contributed by atoms with Crippen LogP contribution < -0.4 is 5.73 Å². The highest BCUT2D eigenvalue weighted by Crippen LogP contribution is 2.27. The van der Waals surface area contributed by atoms with Gasteiger partial charge in [0.1, 0.15) is 0 Å². The number of rotatable bonds is 0. The Balaban J connectivity index is 0.000000325. The van der Waals surface area contributed by atoms with E-state index in [0.29, 0.717) is 0 Å². The average molecular weight is 289 g/mol. The van der Waals surface area contributed by atoms with Crippen LogP contribution in [0.3, 0.4) is 0 Å². The number of primary amides is 1. The molecular weight excluding hydrogens is 274 g/mol. The van der Waals surface area contributed by atoms with Crippen molar-refractivity contribution in [3.63, 3.8) is 0 Å². The molecule has 22 heavy (non-hydrogen) atoms. The summed E-state index contributed by atoms with van der Waals surface area (Å²) in [5.74, 6) is 0. The first kappa shape index (κ1) is 13.9. The topological polar surface area (TPSA) is 63.3 Å².